The van der Waals surface area contributed by atoms with E-state index in [2.05, 4.69) is 4.98 Å². The largest absolute Gasteiger partial charge is 0.376 e. The minimum absolute atomic E-state index is 0.0866. The first-order valence-corrected chi connectivity index (χ1v) is 8.38. The molecule has 23 heavy (non-hydrogen) atoms. The SMILES string of the molecule is O=C(c1cc(Cl)c(Cl)[nH]1)N(Cc1ccccc1)C[C@@H]1CCCO1. The zero-order valence-corrected chi connectivity index (χ0v) is 14.1. The average molecular weight is 353 g/mol. The molecule has 1 N–H and O–H groups in total. The summed E-state index contributed by atoms with van der Waals surface area (Å²) in [6.45, 7) is 1.84. The van der Waals surface area contributed by atoms with Gasteiger partial charge in [0.15, 0.2) is 0 Å². The summed E-state index contributed by atoms with van der Waals surface area (Å²) >= 11 is 11.9. The molecule has 1 aliphatic rings. The maximum Gasteiger partial charge on any atom is 0.270 e. The van der Waals surface area contributed by atoms with Crippen LogP contribution in [0.2, 0.25) is 10.2 Å². The lowest BCUT2D eigenvalue weighted by atomic mass is 10.1. The number of carbonyl (C=O) groups is 1. The fourth-order valence-corrected chi connectivity index (χ4v) is 3.06. The highest BCUT2D eigenvalue weighted by atomic mass is 35.5. The Morgan fingerprint density at radius 2 is 2.09 bits per heavy atom. The summed E-state index contributed by atoms with van der Waals surface area (Å²) in [5.74, 6) is -0.127. The van der Waals surface area contributed by atoms with Crippen molar-refractivity contribution < 1.29 is 9.53 Å². The van der Waals surface area contributed by atoms with Crippen LogP contribution in [0, 0.1) is 0 Å². The smallest absolute Gasteiger partial charge is 0.270 e. The average Bonchev–Trinajstić information content (AvgIpc) is 3.17. The summed E-state index contributed by atoms with van der Waals surface area (Å²) in [6.07, 6.45) is 2.10. The summed E-state index contributed by atoms with van der Waals surface area (Å²) in [4.78, 5) is 17.4. The molecule has 1 aromatic carbocycles. The number of hydrogen-bond acceptors (Lipinski definition) is 2. The van der Waals surface area contributed by atoms with Gasteiger partial charge in [-0.1, -0.05) is 53.5 Å². The van der Waals surface area contributed by atoms with Gasteiger partial charge in [-0.15, -0.1) is 0 Å². The first kappa shape index (κ1) is 16.4. The molecule has 4 nitrogen and oxygen atoms in total. The number of H-pyrrole nitrogens is 1. The van der Waals surface area contributed by atoms with Crippen LogP contribution >= 0.6 is 23.2 Å². The van der Waals surface area contributed by atoms with Crippen LogP contribution in [-0.4, -0.2) is 35.0 Å². The van der Waals surface area contributed by atoms with E-state index in [-0.39, 0.29) is 17.2 Å². The number of nitrogens with one attached hydrogen (secondary N) is 1. The van der Waals surface area contributed by atoms with Gasteiger partial charge in [-0.05, 0) is 24.5 Å². The minimum atomic E-state index is -0.127. The Kier molecular flexibility index (Phi) is 5.26. The molecule has 0 saturated carbocycles. The summed E-state index contributed by atoms with van der Waals surface area (Å²) in [7, 11) is 0. The fraction of sp³-hybridized carbons (Fsp3) is 0.353. The van der Waals surface area contributed by atoms with Gasteiger partial charge in [0.05, 0.1) is 11.1 Å². The molecule has 1 atom stereocenters. The van der Waals surface area contributed by atoms with Crippen LogP contribution in [0.3, 0.4) is 0 Å². The fourth-order valence-electron chi connectivity index (χ4n) is 2.75. The van der Waals surface area contributed by atoms with Gasteiger partial charge in [0.1, 0.15) is 10.8 Å². The van der Waals surface area contributed by atoms with Crippen LogP contribution in [0.5, 0.6) is 0 Å². The molecule has 1 saturated heterocycles. The van der Waals surface area contributed by atoms with Crippen LogP contribution < -0.4 is 0 Å². The van der Waals surface area contributed by atoms with E-state index >= 15 is 0 Å². The second kappa shape index (κ2) is 7.39. The Bertz CT molecular complexity index is 647. The Morgan fingerprint density at radius 3 is 2.70 bits per heavy atom. The molecule has 3 rings (SSSR count). The maximum absolute atomic E-state index is 12.8. The van der Waals surface area contributed by atoms with E-state index in [1.54, 1.807) is 11.0 Å². The molecule has 0 unspecified atom stereocenters. The molecule has 1 aliphatic heterocycles. The van der Waals surface area contributed by atoms with Crippen LogP contribution in [0.4, 0.5) is 0 Å². The number of benzene rings is 1. The summed E-state index contributed by atoms with van der Waals surface area (Å²) < 4.78 is 5.68. The van der Waals surface area contributed by atoms with Crippen molar-refractivity contribution in [3.63, 3.8) is 0 Å². The summed E-state index contributed by atoms with van der Waals surface area (Å²) in [5.41, 5.74) is 1.47. The van der Waals surface area contributed by atoms with Gasteiger partial charge < -0.3 is 14.6 Å². The molecule has 0 radical (unpaired) electrons. The number of ether oxygens (including phenoxy) is 1. The highest BCUT2D eigenvalue weighted by Gasteiger charge is 2.25. The number of carbonyl (C=O) groups excluding carboxylic acids is 1. The van der Waals surface area contributed by atoms with Gasteiger partial charge in [-0.3, -0.25) is 4.79 Å². The Labute approximate surface area is 145 Å². The van der Waals surface area contributed by atoms with Crippen molar-refractivity contribution in [1.29, 1.82) is 0 Å². The number of aromatic nitrogens is 1. The van der Waals surface area contributed by atoms with Crippen molar-refractivity contribution in [2.75, 3.05) is 13.2 Å². The van der Waals surface area contributed by atoms with E-state index in [1.807, 2.05) is 30.3 Å². The van der Waals surface area contributed by atoms with Crippen LogP contribution in [0.1, 0.15) is 28.9 Å². The molecule has 6 heteroatoms. The third-order valence-corrected chi connectivity index (χ3v) is 4.60. The summed E-state index contributed by atoms with van der Waals surface area (Å²) in [6, 6.07) is 11.5. The highest BCUT2D eigenvalue weighted by molar-refractivity contribution is 6.41. The lowest BCUT2D eigenvalue weighted by molar-refractivity contribution is 0.0503. The quantitative estimate of drug-likeness (QED) is 0.878. The molecule has 0 aliphatic carbocycles. The van der Waals surface area contributed by atoms with Gasteiger partial charge in [0.2, 0.25) is 0 Å². The number of nitrogens with zero attached hydrogens (tertiary/aromatic N) is 1. The molecule has 2 heterocycles. The molecular formula is C17H18Cl2N2O2. The maximum atomic E-state index is 12.8. The normalized spacial score (nSPS) is 17.4. The minimum Gasteiger partial charge on any atom is -0.376 e. The highest BCUT2D eigenvalue weighted by Crippen LogP contribution is 2.24. The van der Waals surface area contributed by atoms with Crippen LogP contribution in [0.25, 0.3) is 0 Å². The lowest BCUT2D eigenvalue weighted by Gasteiger charge is -2.25. The number of rotatable bonds is 5. The Hall–Kier alpha value is -1.49. The predicted octanol–water partition coefficient (Wildman–Crippen LogP) is 4.14. The van der Waals surface area contributed by atoms with E-state index in [4.69, 9.17) is 27.9 Å². The number of aromatic amines is 1. The van der Waals surface area contributed by atoms with Crippen LogP contribution in [0.15, 0.2) is 36.4 Å². The van der Waals surface area contributed by atoms with Crippen LogP contribution in [-0.2, 0) is 11.3 Å². The molecule has 0 spiro atoms. The summed E-state index contributed by atoms with van der Waals surface area (Å²) in [5, 5.41) is 0.638. The standard InChI is InChI=1S/C17H18Cl2N2O2/c18-14-9-15(20-16(14)19)17(22)21(11-13-7-4-8-23-13)10-12-5-2-1-3-6-12/h1-3,5-6,9,13,20H,4,7-8,10-11H2/t13-/m0/s1. The molecule has 1 aromatic heterocycles. The second-order valence-electron chi connectivity index (χ2n) is 5.65. The molecule has 2 aromatic rings. The van der Waals surface area contributed by atoms with Crippen molar-refractivity contribution in [3.05, 3.63) is 57.8 Å². The predicted molar refractivity (Wildman–Crippen MR) is 91.0 cm³/mol. The molecule has 1 fully saturated rings. The Balaban J connectivity index is 1.79. The molecule has 122 valence electrons. The topological polar surface area (TPSA) is 45.3 Å². The van der Waals surface area contributed by atoms with Gasteiger partial charge in [0, 0.05) is 19.7 Å². The third kappa shape index (κ3) is 4.08. The van der Waals surface area contributed by atoms with Gasteiger partial charge in [-0.25, -0.2) is 0 Å². The molecule has 1 amide bonds. The van der Waals surface area contributed by atoms with Gasteiger partial charge in [0.25, 0.3) is 5.91 Å². The van der Waals surface area contributed by atoms with E-state index in [9.17, 15) is 4.79 Å². The van der Waals surface area contributed by atoms with E-state index in [0.29, 0.717) is 23.8 Å². The zero-order chi connectivity index (χ0) is 16.2. The molecule has 0 bridgehead atoms. The Morgan fingerprint density at radius 1 is 1.30 bits per heavy atom. The van der Waals surface area contributed by atoms with E-state index in [1.165, 1.54) is 0 Å². The van der Waals surface area contributed by atoms with Crippen molar-refractivity contribution in [3.8, 4) is 0 Å². The third-order valence-electron chi connectivity index (χ3n) is 3.91. The van der Waals surface area contributed by atoms with E-state index < -0.39 is 0 Å². The van der Waals surface area contributed by atoms with Crippen molar-refractivity contribution in [2.24, 2.45) is 0 Å². The molecular weight excluding hydrogens is 335 g/mol. The van der Waals surface area contributed by atoms with Gasteiger partial charge >= 0.3 is 0 Å². The number of hydrogen-bond donors (Lipinski definition) is 1. The lowest BCUT2D eigenvalue weighted by Crippen LogP contribution is -2.37. The van der Waals surface area contributed by atoms with Crippen molar-refractivity contribution in [2.45, 2.75) is 25.5 Å². The zero-order valence-electron chi connectivity index (χ0n) is 12.6. The number of amides is 1. The van der Waals surface area contributed by atoms with E-state index in [0.717, 1.165) is 25.0 Å². The number of halogens is 2. The van der Waals surface area contributed by atoms with Gasteiger partial charge in [-0.2, -0.15) is 0 Å². The second-order valence-corrected chi connectivity index (χ2v) is 6.44. The monoisotopic (exact) mass is 352 g/mol. The van der Waals surface area contributed by atoms with Crippen molar-refractivity contribution >= 4 is 29.1 Å². The first-order chi connectivity index (χ1) is 11.1. The van der Waals surface area contributed by atoms with Crippen molar-refractivity contribution in [1.82, 2.24) is 9.88 Å². The first-order valence-electron chi connectivity index (χ1n) is 7.62.